The molecule has 0 radical (unpaired) electrons. The standard InChI is InChI=1S/C9H13ClN2O2S2.ClH/c1-6-4-12(5-7(6)11)16(13,14)9-3-2-8(10)15-9;/h2-3,6-7H,4-5,11H2,1H3;1H. The van der Waals surface area contributed by atoms with Crippen molar-refractivity contribution in [2.75, 3.05) is 13.1 Å². The summed E-state index contributed by atoms with van der Waals surface area (Å²) in [5.41, 5.74) is 5.82. The van der Waals surface area contributed by atoms with E-state index in [1.54, 1.807) is 6.07 Å². The molecule has 98 valence electrons. The Bertz CT molecular complexity index is 479. The van der Waals surface area contributed by atoms with Crippen LogP contribution in [0.3, 0.4) is 0 Å². The summed E-state index contributed by atoms with van der Waals surface area (Å²) < 4.78 is 26.5. The van der Waals surface area contributed by atoms with Crippen molar-refractivity contribution in [3.05, 3.63) is 16.5 Å². The Kier molecular flexibility index (Phi) is 4.85. The molecule has 0 saturated carbocycles. The molecule has 8 heteroatoms. The Balaban J connectivity index is 0.00000144. The zero-order valence-electron chi connectivity index (χ0n) is 9.17. The molecule has 4 nitrogen and oxygen atoms in total. The Morgan fingerprint density at radius 2 is 2.12 bits per heavy atom. The summed E-state index contributed by atoms with van der Waals surface area (Å²) in [4.78, 5) is 0. The molecule has 1 aliphatic rings. The lowest BCUT2D eigenvalue weighted by Crippen LogP contribution is -2.31. The maximum atomic E-state index is 12.2. The van der Waals surface area contributed by atoms with Gasteiger partial charge in [0.05, 0.1) is 4.34 Å². The summed E-state index contributed by atoms with van der Waals surface area (Å²) in [6, 6.07) is 3.06. The van der Waals surface area contributed by atoms with Gasteiger partial charge >= 0.3 is 0 Å². The number of halogens is 2. The number of hydrogen-bond acceptors (Lipinski definition) is 4. The van der Waals surface area contributed by atoms with E-state index in [1.807, 2.05) is 6.92 Å². The van der Waals surface area contributed by atoms with E-state index in [0.29, 0.717) is 21.6 Å². The highest BCUT2D eigenvalue weighted by atomic mass is 35.5. The monoisotopic (exact) mass is 316 g/mol. The molecule has 1 saturated heterocycles. The Hall–Kier alpha value is 0.150. The minimum Gasteiger partial charge on any atom is -0.326 e. The van der Waals surface area contributed by atoms with Gasteiger partial charge in [0.2, 0.25) is 0 Å². The maximum Gasteiger partial charge on any atom is 0.252 e. The lowest BCUT2D eigenvalue weighted by molar-refractivity contribution is 0.466. The van der Waals surface area contributed by atoms with Crippen LogP contribution in [0, 0.1) is 5.92 Å². The van der Waals surface area contributed by atoms with Gasteiger partial charge in [0.15, 0.2) is 0 Å². The largest absolute Gasteiger partial charge is 0.326 e. The van der Waals surface area contributed by atoms with E-state index in [2.05, 4.69) is 0 Å². The van der Waals surface area contributed by atoms with Gasteiger partial charge in [0.1, 0.15) is 4.21 Å². The average Bonchev–Trinajstić information content (AvgIpc) is 2.75. The topological polar surface area (TPSA) is 63.4 Å². The zero-order chi connectivity index (χ0) is 11.9. The molecule has 0 spiro atoms. The summed E-state index contributed by atoms with van der Waals surface area (Å²) in [5, 5.41) is 0. The molecule has 1 fully saturated rings. The molecule has 1 aliphatic heterocycles. The quantitative estimate of drug-likeness (QED) is 0.904. The van der Waals surface area contributed by atoms with Gasteiger partial charge in [0.25, 0.3) is 10.0 Å². The smallest absolute Gasteiger partial charge is 0.252 e. The minimum absolute atomic E-state index is 0. The SMILES string of the molecule is CC1CN(S(=O)(=O)c2ccc(Cl)s2)CC1N.Cl. The van der Waals surface area contributed by atoms with E-state index in [-0.39, 0.29) is 24.4 Å². The lowest BCUT2D eigenvalue weighted by atomic mass is 10.1. The molecule has 2 atom stereocenters. The number of nitrogens with two attached hydrogens (primary N) is 1. The van der Waals surface area contributed by atoms with Gasteiger partial charge in [-0.2, -0.15) is 4.31 Å². The number of thiophene rings is 1. The van der Waals surface area contributed by atoms with Gasteiger partial charge in [-0.05, 0) is 18.1 Å². The van der Waals surface area contributed by atoms with Crippen LogP contribution in [0.25, 0.3) is 0 Å². The summed E-state index contributed by atoms with van der Waals surface area (Å²) in [7, 11) is -3.40. The van der Waals surface area contributed by atoms with Gasteiger partial charge in [-0.15, -0.1) is 23.7 Å². The normalized spacial score (nSPS) is 25.8. The van der Waals surface area contributed by atoms with Crippen molar-refractivity contribution in [1.29, 1.82) is 0 Å². The number of sulfonamides is 1. The van der Waals surface area contributed by atoms with Crippen molar-refractivity contribution in [1.82, 2.24) is 4.31 Å². The first-order chi connectivity index (χ1) is 7.41. The summed E-state index contributed by atoms with van der Waals surface area (Å²) in [6.45, 7) is 2.83. The van der Waals surface area contributed by atoms with Crippen molar-refractivity contribution in [2.45, 2.75) is 17.2 Å². The predicted octanol–water partition coefficient (Wildman–Crippen LogP) is 1.79. The van der Waals surface area contributed by atoms with Crippen LogP contribution in [0.1, 0.15) is 6.92 Å². The van der Waals surface area contributed by atoms with Crippen LogP contribution >= 0.6 is 35.3 Å². The van der Waals surface area contributed by atoms with Crippen LogP contribution in [0.2, 0.25) is 4.34 Å². The summed E-state index contributed by atoms with van der Waals surface area (Å²) in [5.74, 6) is 0.199. The van der Waals surface area contributed by atoms with Crippen molar-refractivity contribution in [3.63, 3.8) is 0 Å². The molecule has 0 amide bonds. The third-order valence-electron chi connectivity index (χ3n) is 2.78. The van der Waals surface area contributed by atoms with Gasteiger partial charge in [-0.3, -0.25) is 0 Å². The van der Waals surface area contributed by atoms with E-state index in [0.717, 1.165) is 11.3 Å². The third kappa shape index (κ3) is 2.94. The number of nitrogens with zero attached hydrogens (tertiary/aromatic N) is 1. The first-order valence-electron chi connectivity index (χ1n) is 4.92. The highest BCUT2D eigenvalue weighted by Gasteiger charge is 2.35. The van der Waals surface area contributed by atoms with E-state index in [4.69, 9.17) is 17.3 Å². The molecule has 2 heterocycles. The van der Waals surface area contributed by atoms with E-state index >= 15 is 0 Å². The fourth-order valence-corrected chi connectivity index (χ4v) is 4.92. The fraction of sp³-hybridized carbons (Fsp3) is 0.556. The van der Waals surface area contributed by atoms with Crippen LogP contribution in [0.5, 0.6) is 0 Å². The van der Waals surface area contributed by atoms with Crippen LogP contribution in [0.4, 0.5) is 0 Å². The lowest BCUT2D eigenvalue weighted by Gasteiger charge is -2.14. The zero-order valence-corrected chi connectivity index (χ0v) is 12.4. The highest BCUT2D eigenvalue weighted by Crippen LogP contribution is 2.30. The molecular weight excluding hydrogens is 303 g/mol. The second-order valence-electron chi connectivity index (χ2n) is 4.02. The molecule has 1 aromatic rings. The van der Waals surface area contributed by atoms with E-state index < -0.39 is 10.0 Å². The van der Waals surface area contributed by atoms with Gasteiger partial charge in [-0.25, -0.2) is 8.42 Å². The first kappa shape index (κ1) is 15.2. The molecule has 1 aromatic heterocycles. The second-order valence-corrected chi connectivity index (χ2v) is 7.90. The Morgan fingerprint density at radius 1 is 1.47 bits per heavy atom. The molecular formula is C9H14Cl2N2O2S2. The third-order valence-corrected chi connectivity index (χ3v) is 6.31. The van der Waals surface area contributed by atoms with Crippen LogP contribution in [0.15, 0.2) is 16.3 Å². The van der Waals surface area contributed by atoms with Crippen LogP contribution < -0.4 is 5.73 Å². The molecule has 2 unspecified atom stereocenters. The number of rotatable bonds is 2. The van der Waals surface area contributed by atoms with Crippen molar-refractivity contribution >= 4 is 45.4 Å². The molecule has 17 heavy (non-hydrogen) atoms. The average molecular weight is 317 g/mol. The Morgan fingerprint density at radius 3 is 2.53 bits per heavy atom. The van der Waals surface area contributed by atoms with Crippen LogP contribution in [-0.2, 0) is 10.0 Å². The highest BCUT2D eigenvalue weighted by molar-refractivity contribution is 7.91. The van der Waals surface area contributed by atoms with E-state index in [9.17, 15) is 8.42 Å². The van der Waals surface area contributed by atoms with Gasteiger partial charge < -0.3 is 5.73 Å². The summed E-state index contributed by atoms with van der Waals surface area (Å²) in [6.07, 6.45) is 0. The molecule has 2 rings (SSSR count). The maximum absolute atomic E-state index is 12.2. The van der Waals surface area contributed by atoms with Crippen molar-refractivity contribution in [2.24, 2.45) is 11.7 Å². The second kappa shape index (κ2) is 5.42. The minimum atomic E-state index is -3.40. The van der Waals surface area contributed by atoms with Gasteiger partial charge in [-0.1, -0.05) is 18.5 Å². The van der Waals surface area contributed by atoms with Gasteiger partial charge in [0, 0.05) is 19.1 Å². The first-order valence-corrected chi connectivity index (χ1v) is 7.56. The summed E-state index contributed by atoms with van der Waals surface area (Å²) >= 11 is 6.82. The number of hydrogen-bond donors (Lipinski definition) is 1. The fourth-order valence-electron chi connectivity index (χ4n) is 1.71. The molecule has 0 aliphatic carbocycles. The Labute approximate surface area is 116 Å². The van der Waals surface area contributed by atoms with Crippen molar-refractivity contribution in [3.8, 4) is 0 Å². The molecule has 0 aromatic carbocycles. The van der Waals surface area contributed by atoms with Crippen LogP contribution in [-0.4, -0.2) is 31.9 Å². The van der Waals surface area contributed by atoms with E-state index in [1.165, 1.54) is 10.4 Å². The molecule has 0 bridgehead atoms. The van der Waals surface area contributed by atoms with Crippen molar-refractivity contribution < 1.29 is 8.42 Å². The molecule has 2 N–H and O–H groups in total. The predicted molar refractivity (Wildman–Crippen MR) is 72.5 cm³/mol.